The van der Waals surface area contributed by atoms with E-state index >= 15 is 0 Å². The zero-order valence-corrected chi connectivity index (χ0v) is 12.9. The van der Waals surface area contributed by atoms with Gasteiger partial charge < -0.3 is 15.2 Å². The van der Waals surface area contributed by atoms with Gasteiger partial charge >= 0.3 is 5.97 Å². The van der Waals surface area contributed by atoms with E-state index in [2.05, 4.69) is 10.4 Å². The number of aromatic nitrogens is 2. The highest BCUT2D eigenvalue weighted by Gasteiger charge is 2.06. The van der Waals surface area contributed by atoms with E-state index in [9.17, 15) is 9.59 Å². The van der Waals surface area contributed by atoms with Gasteiger partial charge in [-0.15, -0.1) is 5.10 Å². The predicted octanol–water partition coefficient (Wildman–Crippen LogP) is 0.978. The normalized spacial score (nSPS) is 10.5. The summed E-state index contributed by atoms with van der Waals surface area (Å²) in [4.78, 5) is 22.9. The quantitative estimate of drug-likeness (QED) is 0.705. The number of nitrogens with one attached hydrogen (secondary N) is 1. The van der Waals surface area contributed by atoms with Gasteiger partial charge in [-0.2, -0.15) is 0 Å². The number of benzene rings is 1. The minimum atomic E-state index is -1.01. The molecular weight excluding hydrogens is 298 g/mol. The maximum atomic E-state index is 11.9. The Morgan fingerprint density at radius 2 is 2.17 bits per heavy atom. The Kier molecular flexibility index (Phi) is 5.87. The van der Waals surface area contributed by atoms with Crippen LogP contribution in [0.2, 0.25) is 0 Å². The summed E-state index contributed by atoms with van der Waals surface area (Å²) in [5.74, 6) is -0.635. The predicted molar refractivity (Wildman–Crippen MR) is 85.0 cm³/mol. The monoisotopic (exact) mass is 317 g/mol. The van der Waals surface area contributed by atoms with E-state index in [1.807, 2.05) is 7.05 Å². The number of carboxylic acids is 1. The summed E-state index contributed by atoms with van der Waals surface area (Å²) in [5.41, 5.74) is 0.593. The second kappa shape index (κ2) is 8.09. The van der Waals surface area contributed by atoms with Crippen LogP contribution in [0.1, 0.15) is 22.3 Å². The van der Waals surface area contributed by atoms with Gasteiger partial charge in [0.1, 0.15) is 0 Å². The van der Waals surface area contributed by atoms with Crippen LogP contribution in [0.15, 0.2) is 41.2 Å². The molecule has 0 fully saturated rings. The van der Waals surface area contributed by atoms with E-state index in [0.717, 1.165) is 13.0 Å². The molecule has 1 aromatic heterocycles. The minimum Gasteiger partial charge on any atom is -0.478 e. The zero-order chi connectivity index (χ0) is 16.7. The third kappa shape index (κ3) is 4.93. The summed E-state index contributed by atoms with van der Waals surface area (Å²) in [6, 6.07) is 9.34. The van der Waals surface area contributed by atoms with Crippen LogP contribution < -0.4 is 15.6 Å². The van der Waals surface area contributed by atoms with Crippen LogP contribution in [0.3, 0.4) is 0 Å². The Labute approximate surface area is 133 Å². The standard InChI is InChI=1S/C16H19N3O4/c1-17-8-3-9-23-14-6-7-15(20)19(18-14)11-12-4-2-5-13(10-12)16(21)22/h2,4-7,10,17H,3,8-9,11H2,1H3,(H,21,22). The molecule has 0 atom stereocenters. The van der Waals surface area contributed by atoms with Crippen molar-refractivity contribution in [3.8, 4) is 5.88 Å². The average molecular weight is 317 g/mol. The lowest BCUT2D eigenvalue weighted by molar-refractivity contribution is 0.0696. The van der Waals surface area contributed by atoms with Crippen molar-refractivity contribution in [2.75, 3.05) is 20.2 Å². The molecule has 23 heavy (non-hydrogen) atoms. The smallest absolute Gasteiger partial charge is 0.335 e. The third-order valence-electron chi connectivity index (χ3n) is 3.17. The highest BCUT2D eigenvalue weighted by molar-refractivity contribution is 5.87. The fourth-order valence-corrected chi connectivity index (χ4v) is 2.02. The summed E-state index contributed by atoms with van der Waals surface area (Å²) in [6.07, 6.45) is 0.831. The topological polar surface area (TPSA) is 93.5 Å². The molecular formula is C16H19N3O4. The fraction of sp³-hybridized carbons (Fsp3) is 0.312. The molecule has 1 aromatic carbocycles. The van der Waals surface area contributed by atoms with Gasteiger partial charge in [-0.3, -0.25) is 4.79 Å². The van der Waals surface area contributed by atoms with Crippen LogP contribution in [-0.4, -0.2) is 41.1 Å². The first-order valence-electron chi connectivity index (χ1n) is 7.28. The molecule has 7 nitrogen and oxygen atoms in total. The molecule has 2 aromatic rings. The SMILES string of the molecule is CNCCCOc1ccc(=O)n(Cc2cccc(C(=O)O)c2)n1. The number of carboxylic acid groups (broad SMARTS) is 1. The molecule has 0 unspecified atom stereocenters. The zero-order valence-electron chi connectivity index (χ0n) is 12.9. The average Bonchev–Trinajstić information content (AvgIpc) is 2.55. The summed E-state index contributed by atoms with van der Waals surface area (Å²) < 4.78 is 6.76. The van der Waals surface area contributed by atoms with Gasteiger partial charge in [0.15, 0.2) is 0 Å². The van der Waals surface area contributed by atoms with Crippen molar-refractivity contribution < 1.29 is 14.6 Å². The van der Waals surface area contributed by atoms with Gasteiger partial charge in [-0.05, 0) is 37.7 Å². The lowest BCUT2D eigenvalue weighted by Crippen LogP contribution is -2.23. The molecule has 0 amide bonds. The van der Waals surface area contributed by atoms with Crippen LogP contribution in [-0.2, 0) is 6.54 Å². The molecule has 0 aliphatic rings. The van der Waals surface area contributed by atoms with Crippen LogP contribution in [0.25, 0.3) is 0 Å². The third-order valence-corrected chi connectivity index (χ3v) is 3.17. The van der Waals surface area contributed by atoms with Crippen LogP contribution in [0, 0.1) is 0 Å². The molecule has 1 heterocycles. The van der Waals surface area contributed by atoms with Gasteiger partial charge in [-0.1, -0.05) is 12.1 Å². The summed E-state index contributed by atoms with van der Waals surface area (Å²) >= 11 is 0. The molecule has 0 aliphatic heterocycles. The van der Waals surface area contributed by atoms with Gasteiger partial charge in [0, 0.05) is 12.1 Å². The van der Waals surface area contributed by atoms with Crippen molar-refractivity contribution in [3.63, 3.8) is 0 Å². The second-order valence-corrected chi connectivity index (χ2v) is 4.98. The number of aromatic carboxylic acids is 1. The van der Waals surface area contributed by atoms with E-state index in [4.69, 9.17) is 9.84 Å². The fourth-order valence-electron chi connectivity index (χ4n) is 2.02. The summed E-state index contributed by atoms with van der Waals surface area (Å²) in [7, 11) is 1.86. The number of carbonyl (C=O) groups is 1. The van der Waals surface area contributed by atoms with E-state index in [1.54, 1.807) is 12.1 Å². The Hall–Kier alpha value is -2.67. The number of ether oxygens (including phenoxy) is 1. The molecule has 0 aliphatic carbocycles. The van der Waals surface area contributed by atoms with Gasteiger partial charge in [0.2, 0.25) is 5.88 Å². The first kappa shape index (κ1) is 16.7. The van der Waals surface area contributed by atoms with Crippen LogP contribution in [0.4, 0.5) is 0 Å². The first-order chi connectivity index (χ1) is 11.1. The van der Waals surface area contributed by atoms with E-state index < -0.39 is 5.97 Å². The van der Waals surface area contributed by atoms with Crippen molar-refractivity contribution in [1.82, 2.24) is 15.1 Å². The largest absolute Gasteiger partial charge is 0.478 e. The Balaban J connectivity index is 2.11. The molecule has 0 saturated heterocycles. The molecule has 122 valence electrons. The van der Waals surface area contributed by atoms with Crippen molar-refractivity contribution in [3.05, 3.63) is 57.9 Å². The lowest BCUT2D eigenvalue weighted by atomic mass is 10.1. The summed E-state index contributed by atoms with van der Waals surface area (Å²) in [5, 5.41) is 16.2. The maximum Gasteiger partial charge on any atom is 0.335 e. The van der Waals surface area contributed by atoms with Gasteiger partial charge in [0.25, 0.3) is 5.56 Å². The second-order valence-electron chi connectivity index (χ2n) is 4.98. The van der Waals surface area contributed by atoms with Crippen molar-refractivity contribution in [2.45, 2.75) is 13.0 Å². The highest BCUT2D eigenvalue weighted by atomic mass is 16.5. The molecule has 0 radical (unpaired) electrons. The van der Waals surface area contributed by atoms with Crippen LogP contribution >= 0.6 is 0 Å². The van der Waals surface area contributed by atoms with Crippen molar-refractivity contribution in [1.29, 1.82) is 0 Å². The Bertz CT molecular complexity index is 727. The number of nitrogens with zero attached hydrogens (tertiary/aromatic N) is 2. The number of hydrogen-bond acceptors (Lipinski definition) is 5. The number of rotatable bonds is 8. The lowest BCUT2D eigenvalue weighted by Gasteiger charge is -2.09. The Morgan fingerprint density at radius 1 is 1.35 bits per heavy atom. The van der Waals surface area contributed by atoms with Gasteiger partial charge in [0.05, 0.1) is 18.7 Å². The molecule has 0 saturated carbocycles. The molecule has 2 N–H and O–H groups in total. The molecule has 7 heteroatoms. The highest BCUT2D eigenvalue weighted by Crippen LogP contribution is 2.08. The van der Waals surface area contributed by atoms with E-state index in [1.165, 1.54) is 28.9 Å². The van der Waals surface area contributed by atoms with E-state index in [-0.39, 0.29) is 17.7 Å². The molecule has 0 bridgehead atoms. The van der Waals surface area contributed by atoms with Gasteiger partial charge in [-0.25, -0.2) is 9.48 Å². The Morgan fingerprint density at radius 3 is 2.91 bits per heavy atom. The van der Waals surface area contributed by atoms with Crippen molar-refractivity contribution in [2.24, 2.45) is 0 Å². The van der Waals surface area contributed by atoms with Crippen molar-refractivity contribution >= 4 is 5.97 Å². The van der Waals surface area contributed by atoms with E-state index in [0.29, 0.717) is 18.1 Å². The number of hydrogen-bond donors (Lipinski definition) is 2. The van der Waals surface area contributed by atoms with Crippen LogP contribution in [0.5, 0.6) is 5.88 Å². The minimum absolute atomic E-state index is 0.176. The maximum absolute atomic E-state index is 11.9. The first-order valence-corrected chi connectivity index (χ1v) is 7.28. The molecule has 0 spiro atoms. The summed E-state index contributed by atoms with van der Waals surface area (Å²) in [6.45, 7) is 1.52. The molecule has 2 rings (SSSR count).